The van der Waals surface area contributed by atoms with Gasteiger partial charge in [-0.1, -0.05) is 48.5 Å². The van der Waals surface area contributed by atoms with E-state index >= 15 is 0 Å². The average Bonchev–Trinajstić information content (AvgIpc) is 3.33. The Morgan fingerprint density at radius 2 is 1.69 bits per heavy atom. The summed E-state index contributed by atoms with van der Waals surface area (Å²) in [6.07, 6.45) is 0.884. The highest BCUT2D eigenvalue weighted by Crippen LogP contribution is 2.39. The van der Waals surface area contributed by atoms with Crippen LogP contribution in [0.2, 0.25) is 0 Å². The third kappa shape index (κ3) is 4.35. The van der Waals surface area contributed by atoms with Crippen LogP contribution in [-0.4, -0.2) is 16.2 Å². The summed E-state index contributed by atoms with van der Waals surface area (Å²) in [6, 6.07) is 14.7. The first-order valence-electron chi connectivity index (χ1n) is 11.3. The smallest absolute Gasteiger partial charge is 0.327 e. The normalized spacial score (nSPS) is 15.9. The molecule has 1 atom stereocenters. The summed E-state index contributed by atoms with van der Waals surface area (Å²) in [5.74, 6) is -1.76. The first-order valence-corrected chi connectivity index (χ1v) is 11.3. The maximum Gasteiger partial charge on any atom is 0.327 e. The van der Waals surface area contributed by atoms with Crippen molar-refractivity contribution in [3.05, 3.63) is 107 Å². The van der Waals surface area contributed by atoms with Crippen LogP contribution in [0.5, 0.6) is 0 Å². The lowest BCUT2D eigenvalue weighted by Crippen LogP contribution is -2.46. The summed E-state index contributed by atoms with van der Waals surface area (Å²) in [7, 11) is 0. The van der Waals surface area contributed by atoms with Crippen molar-refractivity contribution in [3.8, 4) is 11.4 Å². The van der Waals surface area contributed by atoms with Gasteiger partial charge in [-0.25, -0.2) is 18.0 Å². The molecule has 0 saturated carbocycles. The monoisotopic (exact) mass is 490 g/mol. The molecule has 182 valence electrons. The van der Waals surface area contributed by atoms with Crippen LogP contribution in [0.1, 0.15) is 36.9 Å². The quantitative estimate of drug-likeness (QED) is 0.351. The lowest BCUT2D eigenvalue weighted by molar-refractivity contribution is 0.244. The molecule has 2 amide bonds. The van der Waals surface area contributed by atoms with Crippen LogP contribution in [-0.2, 0) is 6.42 Å². The molecule has 9 heteroatoms. The topological polar surface area (TPSA) is 71.3 Å². The molecule has 1 unspecified atom stereocenters. The number of allylic oxidation sites excluding steroid dienone is 1. The van der Waals surface area contributed by atoms with Crippen LogP contribution in [0.4, 0.5) is 23.7 Å². The number of halogens is 3. The van der Waals surface area contributed by atoms with Crippen molar-refractivity contribution in [2.45, 2.75) is 26.3 Å². The summed E-state index contributed by atoms with van der Waals surface area (Å²) >= 11 is 0. The molecule has 0 saturated heterocycles. The number of aromatic nitrogens is 2. The number of rotatable bonds is 5. The van der Waals surface area contributed by atoms with E-state index in [1.54, 1.807) is 13.0 Å². The molecule has 0 spiro atoms. The van der Waals surface area contributed by atoms with Crippen molar-refractivity contribution in [1.29, 1.82) is 0 Å². The van der Waals surface area contributed by atoms with Gasteiger partial charge in [0.15, 0.2) is 0 Å². The predicted molar refractivity (Wildman–Crippen MR) is 128 cm³/mol. The Kier molecular flexibility index (Phi) is 6.05. The summed E-state index contributed by atoms with van der Waals surface area (Å²) in [5, 5.41) is 6.88. The third-order valence-electron chi connectivity index (χ3n) is 6.05. The molecule has 4 aromatic rings. The second-order valence-electron chi connectivity index (χ2n) is 8.37. The minimum atomic E-state index is -0.848. The number of benzene rings is 3. The molecule has 0 radical (unpaired) electrons. The largest absolute Gasteiger partial charge is 0.334 e. The number of hydrogen-bond donors (Lipinski definition) is 1. The van der Waals surface area contributed by atoms with Crippen LogP contribution in [0.3, 0.4) is 0 Å². The van der Waals surface area contributed by atoms with Gasteiger partial charge in [0, 0.05) is 17.3 Å². The number of urea groups is 1. The van der Waals surface area contributed by atoms with Crippen LogP contribution < -0.4 is 10.2 Å². The SMILES string of the molecule is CCc1ccc(-c2noc(C3=C(C)N(c4cc(F)cc(F)c4)C(=O)NC3c3cccc(F)c3)n2)cc1. The summed E-state index contributed by atoms with van der Waals surface area (Å²) in [6.45, 7) is 3.65. The van der Waals surface area contributed by atoms with Crippen molar-refractivity contribution in [2.75, 3.05) is 4.90 Å². The number of nitrogens with zero attached hydrogens (tertiary/aromatic N) is 3. The zero-order valence-corrected chi connectivity index (χ0v) is 19.4. The van der Waals surface area contributed by atoms with E-state index in [0.29, 0.717) is 22.7 Å². The number of carbonyl (C=O) groups is 1. The summed E-state index contributed by atoms with van der Waals surface area (Å²) in [4.78, 5) is 18.8. The van der Waals surface area contributed by atoms with Gasteiger partial charge in [0.05, 0.1) is 17.3 Å². The predicted octanol–water partition coefficient (Wildman–Crippen LogP) is 6.42. The molecule has 1 N–H and O–H groups in total. The molecule has 1 aliphatic heterocycles. The van der Waals surface area contributed by atoms with E-state index in [-0.39, 0.29) is 11.6 Å². The van der Waals surface area contributed by atoms with Crippen molar-refractivity contribution < 1.29 is 22.5 Å². The van der Waals surface area contributed by atoms with E-state index in [4.69, 9.17) is 4.52 Å². The van der Waals surface area contributed by atoms with Crippen LogP contribution in [0.15, 0.2) is 77.0 Å². The van der Waals surface area contributed by atoms with Gasteiger partial charge < -0.3 is 9.84 Å². The van der Waals surface area contributed by atoms with E-state index < -0.39 is 29.5 Å². The highest BCUT2D eigenvalue weighted by Gasteiger charge is 2.37. The number of anilines is 1. The maximum atomic E-state index is 14.1. The zero-order chi connectivity index (χ0) is 25.4. The van der Waals surface area contributed by atoms with Crippen molar-refractivity contribution >= 4 is 17.3 Å². The fraction of sp³-hybridized carbons (Fsp3) is 0.148. The lowest BCUT2D eigenvalue weighted by atomic mass is 9.94. The second kappa shape index (κ2) is 9.33. The molecule has 2 heterocycles. The Hall–Kier alpha value is -4.40. The van der Waals surface area contributed by atoms with Crippen molar-refractivity contribution in [1.82, 2.24) is 15.5 Å². The van der Waals surface area contributed by atoms with Gasteiger partial charge in [0.1, 0.15) is 17.5 Å². The zero-order valence-electron chi connectivity index (χ0n) is 19.4. The number of carbonyl (C=O) groups excluding carboxylic acids is 1. The Balaban J connectivity index is 1.65. The van der Waals surface area contributed by atoms with Crippen LogP contribution >= 0.6 is 0 Å². The minimum absolute atomic E-state index is 0.0208. The molecule has 0 aliphatic carbocycles. The molecular weight excluding hydrogens is 469 g/mol. The van der Waals surface area contributed by atoms with Crippen LogP contribution in [0, 0.1) is 17.5 Å². The van der Waals surface area contributed by atoms with E-state index in [1.807, 2.05) is 24.3 Å². The standard InChI is InChI=1S/C27H21F3N4O2/c1-3-16-7-9-17(10-8-16)25-32-26(36-33-25)23-15(2)34(22-13-20(29)12-21(30)14-22)27(35)31-24(23)18-5-4-6-19(28)11-18/h4-14,24H,3H2,1-2H3,(H,31,35). The van der Waals surface area contributed by atoms with Crippen LogP contribution in [0.25, 0.3) is 17.0 Å². The van der Waals surface area contributed by atoms with E-state index in [2.05, 4.69) is 22.4 Å². The number of nitrogens with one attached hydrogen (secondary N) is 1. The Morgan fingerprint density at radius 1 is 0.972 bits per heavy atom. The van der Waals surface area contributed by atoms with Gasteiger partial charge in [0.25, 0.3) is 5.89 Å². The summed E-state index contributed by atoms with van der Waals surface area (Å²) in [5.41, 5.74) is 2.97. The number of aryl methyl sites for hydroxylation is 1. The fourth-order valence-corrected chi connectivity index (χ4v) is 4.28. The van der Waals surface area contributed by atoms with E-state index in [1.165, 1.54) is 18.2 Å². The maximum absolute atomic E-state index is 14.1. The molecule has 1 aliphatic rings. The summed E-state index contributed by atoms with van der Waals surface area (Å²) < 4.78 is 47.7. The molecule has 1 aromatic heterocycles. The molecule has 3 aromatic carbocycles. The Labute approximate surface area is 205 Å². The van der Waals surface area contributed by atoms with Crippen molar-refractivity contribution in [3.63, 3.8) is 0 Å². The van der Waals surface area contributed by atoms with E-state index in [9.17, 15) is 18.0 Å². The minimum Gasteiger partial charge on any atom is -0.334 e. The number of amides is 2. The van der Waals surface area contributed by atoms with Gasteiger partial charge in [-0.15, -0.1) is 0 Å². The molecule has 0 fully saturated rings. The van der Waals surface area contributed by atoms with Crippen molar-refractivity contribution in [2.24, 2.45) is 0 Å². The lowest BCUT2D eigenvalue weighted by Gasteiger charge is -2.35. The first kappa shape index (κ1) is 23.3. The van der Waals surface area contributed by atoms with Gasteiger partial charge in [-0.2, -0.15) is 4.98 Å². The molecular formula is C27H21F3N4O2. The molecule has 6 nitrogen and oxygen atoms in total. The Morgan fingerprint density at radius 3 is 2.36 bits per heavy atom. The second-order valence-corrected chi connectivity index (χ2v) is 8.37. The highest BCUT2D eigenvalue weighted by molar-refractivity contribution is 6.01. The van der Waals surface area contributed by atoms with Gasteiger partial charge in [-0.3, -0.25) is 4.90 Å². The van der Waals surface area contributed by atoms with Gasteiger partial charge in [0.2, 0.25) is 5.82 Å². The Bertz CT molecular complexity index is 1460. The third-order valence-corrected chi connectivity index (χ3v) is 6.05. The van der Waals surface area contributed by atoms with Gasteiger partial charge >= 0.3 is 6.03 Å². The average molecular weight is 490 g/mol. The van der Waals surface area contributed by atoms with Gasteiger partial charge in [-0.05, 0) is 48.7 Å². The molecule has 5 rings (SSSR count). The highest BCUT2D eigenvalue weighted by atomic mass is 19.1. The molecule has 0 bridgehead atoms. The van der Waals surface area contributed by atoms with E-state index in [0.717, 1.165) is 40.6 Å². The number of hydrogen-bond acceptors (Lipinski definition) is 4. The fourth-order valence-electron chi connectivity index (χ4n) is 4.28. The molecule has 36 heavy (non-hydrogen) atoms. The first-order chi connectivity index (χ1) is 17.3.